The van der Waals surface area contributed by atoms with E-state index in [9.17, 15) is 0 Å². The smallest absolute Gasteiger partial charge is 0.0695 e. The first-order valence-electron chi connectivity index (χ1n) is 3.93. The largest absolute Gasteiger partial charge is 0.395 e. The first-order valence-corrected chi connectivity index (χ1v) is 3.93. The summed E-state index contributed by atoms with van der Waals surface area (Å²) in [7, 11) is 0. The molecule has 0 aromatic rings. The van der Waals surface area contributed by atoms with Gasteiger partial charge in [0.1, 0.15) is 0 Å². The number of ether oxygens (including phenoxy) is 1. The monoisotopic (exact) mass is 157 g/mol. The van der Waals surface area contributed by atoms with Crippen LogP contribution in [0.3, 0.4) is 0 Å². The van der Waals surface area contributed by atoms with Gasteiger partial charge in [0.05, 0.1) is 18.6 Å². The quantitative estimate of drug-likeness (QED) is 0.584. The second kappa shape index (κ2) is 7.52. The summed E-state index contributed by atoms with van der Waals surface area (Å²) >= 11 is 0. The van der Waals surface area contributed by atoms with Crippen molar-refractivity contribution in [3.8, 4) is 6.07 Å². The van der Waals surface area contributed by atoms with Crippen molar-refractivity contribution >= 4 is 0 Å². The summed E-state index contributed by atoms with van der Waals surface area (Å²) in [5, 5.41) is 17.1. The van der Waals surface area contributed by atoms with Crippen LogP contribution in [0.5, 0.6) is 0 Å². The van der Waals surface area contributed by atoms with Crippen LogP contribution in [-0.4, -0.2) is 24.9 Å². The van der Waals surface area contributed by atoms with E-state index in [1.807, 2.05) is 13.0 Å². The van der Waals surface area contributed by atoms with E-state index in [4.69, 9.17) is 15.1 Å². The van der Waals surface area contributed by atoms with Gasteiger partial charge in [-0.05, 0) is 19.8 Å². The SMILES string of the molecule is CCOCCCC(C#N)CO. The minimum Gasteiger partial charge on any atom is -0.395 e. The maximum Gasteiger partial charge on any atom is 0.0695 e. The number of rotatable bonds is 6. The first-order chi connectivity index (χ1) is 5.35. The molecule has 1 atom stereocenters. The molecule has 0 amide bonds. The Hall–Kier alpha value is -0.590. The summed E-state index contributed by atoms with van der Waals surface area (Å²) in [6, 6.07) is 2.02. The third kappa shape index (κ3) is 5.84. The highest BCUT2D eigenvalue weighted by Gasteiger charge is 2.03. The maximum atomic E-state index is 8.62. The Morgan fingerprint density at radius 3 is 2.82 bits per heavy atom. The van der Waals surface area contributed by atoms with Crippen molar-refractivity contribution in [2.75, 3.05) is 19.8 Å². The Kier molecular flexibility index (Phi) is 7.11. The molecule has 0 aromatic carbocycles. The fourth-order valence-corrected chi connectivity index (χ4v) is 0.773. The molecule has 1 N–H and O–H groups in total. The van der Waals surface area contributed by atoms with Crippen LogP contribution in [0.15, 0.2) is 0 Å². The fourth-order valence-electron chi connectivity index (χ4n) is 0.773. The van der Waals surface area contributed by atoms with Gasteiger partial charge in [-0.25, -0.2) is 0 Å². The molecular formula is C8H15NO2. The number of aliphatic hydroxyl groups excluding tert-OH is 1. The average Bonchev–Trinajstić information content (AvgIpc) is 2.05. The highest BCUT2D eigenvalue weighted by atomic mass is 16.5. The molecule has 0 rings (SSSR count). The standard InChI is InChI=1S/C8H15NO2/c1-2-11-5-3-4-8(6-9)7-10/h8,10H,2-5,7H2,1H3. The Morgan fingerprint density at radius 1 is 1.64 bits per heavy atom. The Balaban J connectivity index is 3.16. The second-order valence-electron chi connectivity index (χ2n) is 2.35. The van der Waals surface area contributed by atoms with Gasteiger partial charge >= 0.3 is 0 Å². The molecule has 3 nitrogen and oxygen atoms in total. The average molecular weight is 157 g/mol. The van der Waals surface area contributed by atoms with E-state index >= 15 is 0 Å². The van der Waals surface area contributed by atoms with Gasteiger partial charge in [0.2, 0.25) is 0 Å². The van der Waals surface area contributed by atoms with Crippen molar-refractivity contribution in [2.24, 2.45) is 5.92 Å². The number of hydrogen-bond acceptors (Lipinski definition) is 3. The summed E-state index contributed by atoms with van der Waals surface area (Å²) in [5.41, 5.74) is 0. The van der Waals surface area contributed by atoms with Crippen LogP contribution in [0.2, 0.25) is 0 Å². The second-order valence-corrected chi connectivity index (χ2v) is 2.35. The van der Waals surface area contributed by atoms with Crippen LogP contribution >= 0.6 is 0 Å². The maximum absolute atomic E-state index is 8.62. The van der Waals surface area contributed by atoms with E-state index in [-0.39, 0.29) is 12.5 Å². The summed E-state index contributed by atoms with van der Waals surface area (Å²) in [5.74, 6) is -0.213. The fraction of sp³-hybridized carbons (Fsp3) is 0.875. The van der Waals surface area contributed by atoms with Crippen molar-refractivity contribution < 1.29 is 9.84 Å². The molecule has 1 unspecified atom stereocenters. The van der Waals surface area contributed by atoms with E-state index in [2.05, 4.69) is 0 Å². The summed E-state index contributed by atoms with van der Waals surface area (Å²) in [4.78, 5) is 0. The molecule has 0 aromatic heterocycles. The molecule has 0 heterocycles. The molecule has 0 spiro atoms. The van der Waals surface area contributed by atoms with Gasteiger partial charge in [-0.3, -0.25) is 0 Å². The van der Waals surface area contributed by atoms with E-state index in [1.165, 1.54) is 0 Å². The Morgan fingerprint density at radius 2 is 2.36 bits per heavy atom. The van der Waals surface area contributed by atoms with Crippen LogP contribution in [0.4, 0.5) is 0 Å². The van der Waals surface area contributed by atoms with Crippen LogP contribution in [0.25, 0.3) is 0 Å². The van der Waals surface area contributed by atoms with Gasteiger partial charge in [0.15, 0.2) is 0 Å². The van der Waals surface area contributed by atoms with E-state index in [1.54, 1.807) is 0 Å². The van der Waals surface area contributed by atoms with Crippen LogP contribution in [0.1, 0.15) is 19.8 Å². The molecule has 3 heteroatoms. The zero-order valence-corrected chi connectivity index (χ0v) is 6.92. The Bertz CT molecular complexity index is 120. The molecule has 0 radical (unpaired) electrons. The molecule has 0 saturated heterocycles. The Labute approximate surface area is 67.6 Å². The highest BCUT2D eigenvalue weighted by Crippen LogP contribution is 2.03. The van der Waals surface area contributed by atoms with Gasteiger partial charge in [-0.15, -0.1) is 0 Å². The summed E-state index contributed by atoms with van der Waals surface area (Å²) < 4.78 is 5.08. The topological polar surface area (TPSA) is 53.2 Å². The predicted octanol–water partition coefficient (Wildman–Crippen LogP) is 0.935. The zero-order valence-electron chi connectivity index (χ0n) is 6.92. The lowest BCUT2D eigenvalue weighted by molar-refractivity contribution is 0.137. The van der Waals surface area contributed by atoms with Crippen molar-refractivity contribution in [1.82, 2.24) is 0 Å². The van der Waals surface area contributed by atoms with Crippen LogP contribution < -0.4 is 0 Å². The lowest BCUT2D eigenvalue weighted by Gasteiger charge is -2.04. The summed E-state index contributed by atoms with van der Waals surface area (Å²) in [6.45, 7) is 3.31. The number of aliphatic hydroxyl groups is 1. The third-order valence-corrected chi connectivity index (χ3v) is 1.45. The number of nitriles is 1. The first kappa shape index (κ1) is 10.4. The van der Waals surface area contributed by atoms with Crippen LogP contribution in [-0.2, 0) is 4.74 Å². The van der Waals surface area contributed by atoms with Crippen molar-refractivity contribution in [3.63, 3.8) is 0 Å². The van der Waals surface area contributed by atoms with Gasteiger partial charge in [0, 0.05) is 13.2 Å². The molecule has 64 valence electrons. The van der Waals surface area contributed by atoms with Crippen molar-refractivity contribution in [1.29, 1.82) is 5.26 Å². The van der Waals surface area contributed by atoms with E-state index in [0.29, 0.717) is 6.61 Å². The van der Waals surface area contributed by atoms with Gasteiger partial charge in [-0.1, -0.05) is 0 Å². The molecule has 0 aliphatic carbocycles. The van der Waals surface area contributed by atoms with Gasteiger partial charge in [-0.2, -0.15) is 5.26 Å². The van der Waals surface area contributed by atoms with Gasteiger partial charge in [0.25, 0.3) is 0 Å². The third-order valence-electron chi connectivity index (χ3n) is 1.45. The molecular weight excluding hydrogens is 142 g/mol. The molecule has 11 heavy (non-hydrogen) atoms. The van der Waals surface area contributed by atoms with Gasteiger partial charge < -0.3 is 9.84 Å². The van der Waals surface area contributed by atoms with Crippen molar-refractivity contribution in [2.45, 2.75) is 19.8 Å². The number of hydrogen-bond donors (Lipinski definition) is 1. The molecule has 0 aliphatic heterocycles. The molecule has 0 aliphatic rings. The molecule has 0 fully saturated rings. The lowest BCUT2D eigenvalue weighted by atomic mass is 10.1. The lowest BCUT2D eigenvalue weighted by Crippen LogP contribution is -2.04. The minimum absolute atomic E-state index is 0.0391. The number of nitrogens with zero attached hydrogens (tertiary/aromatic N) is 1. The van der Waals surface area contributed by atoms with E-state index in [0.717, 1.165) is 19.4 Å². The minimum atomic E-state index is -0.213. The molecule has 0 bridgehead atoms. The normalized spacial score (nSPS) is 12.5. The predicted molar refractivity (Wildman–Crippen MR) is 41.9 cm³/mol. The highest BCUT2D eigenvalue weighted by molar-refractivity contribution is 4.81. The van der Waals surface area contributed by atoms with Crippen LogP contribution in [0, 0.1) is 17.2 Å². The van der Waals surface area contributed by atoms with Crippen molar-refractivity contribution in [3.05, 3.63) is 0 Å². The summed E-state index contributed by atoms with van der Waals surface area (Å²) in [6.07, 6.45) is 1.58. The zero-order chi connectivity index (χ0) is 8.53. The van der Waals surface area contributed by atoms with E-state index < -0.39 is 0 Å². The molecule has 0 saturated carbocycles.